The van der Waals surface area contributed by atoms with Crippen molar-refractivity contribution in [3.05, 3.63) is 17.5 Å². The van der Waals surface area contributed by atoms with Gasteiger partial charge in [0.05, 0.1) is 19.3 Å². The highest BCUT2D eigenvalue weighted by atomic mass is 16.3. The lowest BCUT2D eigenvalue weighted by Gasteiger charge is -2.28. The summed E-state index contributed by atoms with van der Waals surface area (Å²) < 4.78 is 1.99. The fraction of sp³-hybridized carbons (Fsp3) is 0.812. The highest BCUT2D eigenvalue weighted by Crippen LogP contribution is 2.30. The lowest BCUT2D eigenvalue weighted by molar-refractivity contribution is 0.266. The third-order valence-corrected chi connectivity index (χ3v) is 4.95. The summed E-state index contributed by atoms with van der Waals surface area (Å²) >= 11 is 0. The van der Waals surface area contributed by atoms with Gasteiger partial charge in [0.2, 0.25) is 0 Å². The van der Waals surface area contributed by atoms with E-state index in [1.165, 1.54) is 56.2 Å². The van der Waals surface area contributed by atoms with Crippen molar-refractivity contribution in [2.24, 2.45) is 5.92 Å². The number of rotatable bonds is 5. The Morgan fingerprint density at radius 3 is 2.85 bits per heavy atom. The van der Waals surface area contributed by atoms with Crippen molar-refractivity contribution in [2.75, 3.05) is 13.2 Å². The highest BCUT2D eigenvalue weighted by Gasteiger charge is 2.24. The van der Waals surface area contributed by atoms with Crippen LogP contribution in [0.2, 0.25) is 0 Å². The van der Waals surface area contributed by atoms with Crippen molar-refractivity contribution in [3.63, 3.8) is 0 Å². The van der Waals surface area contributed by atoms with Gasteiger partial charge in [0.1, 0.15) is 0 Å². The maximum atomic E-state index is 9.10. The fourth-order valence-corrected chi connectivity index (χ4v) is 3.82. The van der Waals surface area contributed by atoms with Crippen LogP contribution in [0.4, 0.5) is 0 Å². The number of fused-ring (bicyclic) bond motifs is 1. The summed E-state index contributed by atoms with van der Waals surface area (Å²) in [5.74, 6) is 0.876. The standard InChI is InChI=1S/C16H27N3O/c20-10-9-19-16-8-4-7-15(14(16)12-18-19)17-11-13-5-2-1-3-6-13/h12-13,15,17,20H,1-11H2. The average molecular weight is 277 g/mol. The van der Waals surface area contributed by atoms with E-state index in [9.17, 15) is 0 Å². The molecule has 2 aliphatic rings. The zero-order valence-electron chi connectivity index (χ0n) is 12.4. The van der Waals surface area contributed by atoms with E-state index >= 15 is 0 Å². The van der Waals surface area contributed by atoms with Crippen LogP contribution in [0.15, 0.2) is 6.20 Å². The van der Waals surface area contributed by atoms with Gasteiger partial charge in [0.25, 0.3) is 0 Å². The van der Waals surface area contributed by atoms with Crippen molar-refractivity contribution in [2.45, 2.75) is 64.0 Å². The molecule has 0 saturated heterocycles. The summed E-state index contributed by atoms with van der Waals surface area (Å²) in [5, 5.41) is 17.3. The van der Waals surface area contributed by atoms with Gasteiger partial charge in [0, 0.05) is 17.3 Å². The van der Waals surface area contributed by atoms with Gasteiger partial charge in [-0.2, -0.15) is 5.10 Å². The molecule has 1 fully saturated rings. The molecule has 3 rings (SSSR count). The van der Waals surface area contributed by atoms with Gasteiger partial charge in [-0.1, -0.05) is 19.3 Å². The van der Waals surface area contributed by atoms with Crippen LogP contribution in [0.1, 0.15) is 62.2 Å². The molecular formula is C16H27N3O. The van der Waals surface area contributed by atoms with Gasteiger partial charge in [0.15, 0.2) is 0 Å². The van der Waals surface area contributed by atoms with E-state index in [1.807, 2.05) is 10.9 Å². The molecule has 2 aliphatic carbocycles. The first-order valence-corrected chi connectivity index (χ1v) is 8.27. The third-order valence-electron chi connectivity index (χ3n) is 4.95. The third kappa shape index (κ3) is 3.07. The molecule has 1 aromatic heterocycles. The monoisotopic (exact) mass is 277 g/mol. The second-order valence-corrected chi connectivity index (χ2v) is 6.35. The molecule has 0 spiro atoms. The molecule has 0 aromatic carbocycles. The largest absolute Gasteiger partial charge is 0.394 e. The molecule has 20 heavy (non-hydrogen) atoms. The fourth-order valence-electron chi connectivity index (χ4n) is 3.82. The molecule has 1 saturated carbocycles. The first-order valence-electron chi connectivity index (χ1n) is 8.27. The van der Waals surface area contributed by atoms with Crippen LogP contribution >= 0.6 is 0 Å². The number of aromatic nitrogens is 2. The molecule has 0 amide bonds. The Bertz CT molecular complexity index is 423. The van der Waals surface area contributed by atoms with Gasteiger partial charge in [-0.05, 0) is 44.6 Å². The molecule has 1 aromatic rings. The van der Waals surface area contributed by atoms with Crippen LogP contribution in [0.3, 0.4) is 0 Å². The molecule has 1 atom stereocenters. The van der Waals surface area contributed by atoms with Crippen LogP contribution in [0.5, 0.6) is 0 Å². The topological polar surface area (TPSA) is 50.1 Å². The zero-order chi connectivity index (χ0) is 13.8. The quantitative estimate of drug-likeness (QED) is 0.869. The normalized spacial score (nSPS) is 23.8. The van der Waals surface area contributed by atoms with Crippen molar-refractivity contribution in [1.29, 1.82) is 0 Å². The van der Waals surface area contributed by atoms with Crippen molar-refractivity contribution >= 4 is 0 Å². The molecule has 0 aliphatic heterocycles. The van der Waals surface area contributed by atoms with Gasteiger partial charge >= 0.3 is 0 Å². The predicted molar refractivity (Wildman–Crippen MR) is 79.6 cm³/mol. The van der Waals surface area contributed by atoms with Crippen LogP contribution < -0.4 is 5.32 Å². The number of hydrogen-bond donors (Lipinski definition) is 2. The Balaban J connectivity index is 1.61. The van der Waals surface area contributed by atoms with Gasteiger partial charge < -0.3 is 10.4 Å². The van der Waals surface area contributed by atoms with Crippen molar-refractivity contribution < 1.29 is 5.11 Å². The van der Waals surface area contributed by atoms with Gasteiger partial charge in [-0.3, -0.25) is 4.68 Å². The van der Waals surface area contributed by atoms with Gasteiger partial charge in [-0.15, -0.1) is 0 Å². The van der Waals surface area contributed by atoms with E-state index < -0.39 is 0 Å². The second kappa shape index (κ2) is 6.72. The minimum atomic E-state index is 0.175. The summed E-state index contributed by atoms with van der Waals surface area (Å²) in [7, 11) is 0. The van der Waals surface area contributed by atoms with E-state index in [4.69, 9.17) is 5.11 Å². The van der Waals surface area contributed by atoms with Crippen LogP contribution in [0, 0.1) is 5.92 Å². The maximum Gasteiger partial charge on any atom is 0.0644 e. The van der Waals surface area contributed by atoms with Crippen molar-refractivity contribution in [1.82, 2.24) is 15.1 Å². The minimum absolute atomic E-state index is 0.175. The summed E-state index contributed by atoms with van der Waals surface area (Å²) in [4.78, 5) is 0. The molecule has 0 radical (unpaired) electrons. The van der Waals surface area contributed by atoms with E-state index in [2.05, 4.69) is 10.4 Å². The van der Waals surface area contributed by atoms with Crippen LogP contribution in [0.25, 0.3) is 0 Å². The lowest BCUT2D eigenvalue weighted by Crippen LogP contribution is -2.30. The first-order chi connectivity index (χ1) is 9.88. The van der Waals surface area contributed by atoms with E-state index in [-0.39, 0.29) is 6.61 Å². The first kappa shape index (κ1) is 14.1. The molecule has 2 N–H and O–H groups in total. The summed E-state index contributed by atoms with van der Waals surface area (Å²) in [6.45, 7) is 1.97. The molecular weight excluding hydrogens is 250 g/mol. The van der Waals surface area contributed by atoms with Gasteiger partial charge in [-0.25, -0.2) is 0 Å². The predicted octanol–water partition coefficient (Wildman–Crippen LogP) is 2.42. The molecule has 1 unspecified atom stereocenters. The van der Waals surface area contributed by atoms with E-state index in [0.29, 0.717) is 12.6 Å². The van der Waals surface area contributed by atoms with Crippen LogP contribution in [-0.4, -0.2) is 28.0 Å². The number of nitrogens with zero attached hydrogens (tertiary/aromatic N) is 2. The Kier molecular flexibility index (Phi) is 4.73. The Morgan fingerprint density at radius 1 is 1.20 bits per heavy atom. The molecule has 4 nitrogen and oxygen atoms in total. The Morgan fingerprint density at radius 2 is 2.05 bits per heavy atom. The summed E-state index contributed by atoms with van der Waals surface area (Å²) in [6, 6.07) is 0.480. The van der Waals surface area contributed by atoms with E-state index in [1.54, 1.807) is 0 Å². The van der Waals surface area contributed by atoms with Crippen molar-refractivity contribution in [3.8, 4) is 0 Å². The molecule has 0 bridgehead atoms. The number of aliphatic hydroxyl groups excluding tert-OH is 1. The zero-order valence-corrected chi connectivity index (χ0v) is 12.4. The smallest absolute Gasteiger partial charge is 0.0644 e. The average Bonchev–Trinajstić information content (AvgIpc) is 2.91. The Labute approximate surface area is 121 Å². The number of hydrogen-bond acceptors (Lipinski definition) is 3. The van der Waals surface area contributed by atoms with E-state index in [0.717, 1.165) is 18.9 Å². The molecule has 112 valence electrons. The SMILES string of the molecule is OCCn1ncc2c1CCCC2NCC1CCCCC1. The molecule has 4 heteroatoms. The Hall–Kier alpha value is -0.870. The minimum Gasteiger partial charge on any atom is -0.394 e. The summed E-state index contributed by atoms with van der Waals surface area (Å²) in [5.41, 5.74) is 2.71. The highest BCUT2D eigenvalue weighted by molar-refractivity contribution is 5.24. The van der Waals surface area contributed by atoms with Crippen LogP contribution in [-0.2, 0) is 13.0 Å². The molecule has 1 heterocycles. The number of nitrogens with one attached hydrogen (secondary N) is 1. The maximum absolute atomic E-state index is 9.10. The number of aliphatic hydroxyl groups is 1. The summed E-state index contributed by atoms with van der Waals surface area (Å²) in [6.07, 6.45) is 12.6. The second-order valence-electron chi connectivity index (χ2n) is 6.35. The lowest BCUT2D eigenvalue weighted by atomic mass is 9.88.